The zero-order valence-corrected chi connectivity index (χ0v) is 14.6. The van der Waals surface area contributed by atoms with Crippen molar-refractivity contribution in [2.75, 3.05) is 25.5 Å². The van der Waals surface area contributed by atoms with Crippen LogP contribution in [-0.4, -0.2) is 65.6 Å². The Morgan fingerprint density at radius 2 is 1.96 bits per heavy atom. The third-order valence-electron chi connectivity index (χ3n) is 3.73. The molecule has 1 aromatic carbocycles. The molecule has 1 aliphatic rings. The van der Waals surface area contributed by atoms with Gasteiger partial charge < -0.3 is 15.0 Å². The van der Waals surface area contributed by atoms with Gasteiger partial charge in [0.1, 0.15) is 13.1 Å². The largest absolute Gasteiger partial charge is 0.451 e. The Hall–Kier alpha value is -3.23. The van der Waals surface area contributed by atoms with Gasteiger partial charge in [0.15, 0.2) is 11.9 Å². The summed E-state index contributed by atoms with van der Waals surface area (Å²) in [5, 5.41) is 2.54. The molecule has 0 saturated carbocycles. The molecule has 9 heteroatoms. The van der Waals surface area contributed by atoms with Crippen molar-refractivity contribution in [2.24, 2.45) is 0 Å². The first kappa shape index (κ1) is 19.1. The summed E-state index contributed by atoms with van der Waals surface area (Å²) in [4.78, 5) is 60.7. The van der Waals surface area contributed by atoms with E-state index in [1.165, 1.54) is 31.9 Å². The number of Topliss-reactive ketones (excluding diaryl/α,β-unsaturated/α-hetero) is 1. The summed E-state index contributed by atoms with van der Waals surface area (Å²) in [5.41, 5.74) is 0.819. The molecule has 2 rings (SSSR count). The minimum absolute atomic E-state index is 0.103. The molecule has 0 aliphatic carbocycles. The van der Waals surface area contributed by atoms with Gasteiger partial charge in [0.25, 0.3) is 11.8 Å². The zero-order valence-electron chi connectivity index (χ0n) is 14.6. The number of rotatable bonds is 6. The Morgan fingerprint density at radius 1 is 1.27 bits per heavy atom. The van der Waals surface area contributed by atoms with Crippen LogP contribution in [0.5, 0.6) is 0 Å². The molecular formula is C17H19N3O6. The van der Waals surface area contributed by atoms with Gasteiger partial charge in [-0.15, -0.1) is 0 Å². The number of urea groups is 1. The fraction of sp³-hybridized carbons (Fsp3) is 0.353. The molecule has 1 N–H and O–H groups in total. The monoisotopic (exact) mass is 361 g/mol. The highest BCUT2D eigenvalue weighted by atomic mass is 16.5. The summed E-state index contributed by atoms with van der Waals surface area (Å²) < 4.78 is 4.97. The topological polar surface area (TPSA) is 113 Å². The number of hydrogen-bond acceptors (Lipinski definition) is 6. The third-order valence-corrected chi connectivity index (χ3v) is 3.73. The Balaban J connectivity index is 1.91. The molecule has 1 aromatic rings. The lowest BCUT2D eigenvalue weighted by Gasteiger charge is -2.17. The van der Waals surface area contributed by atoms with Crippen LogP contribution in [0.2, 0.25) is 0 Å². The number of imide groups is 1. The van der Waals surface area contributed by atoms with Gasteiger partial charge in [-0.2, -0.15) is 0 Å². The maximum Gasteiger partial charge on any atom is 0.327 e. The van der Waals surface area contributed by atoms with Crippen LogP contribution in [0, 0.1) is 0 Å². The summed E-state index contributed by atoms with van der Waals surface area (Å²) in [6, 6.07) is 5.74. The maximum absolute atomic E-state index is 12.1. The van der Waals surface area contributed by atoms with Crippen LogP contribution < -0.4 is 5.32 Å². The van der Waals surface area contributed by atoms with E-state index in [9.17, 15) is 24.0 Å². The van der Waals surface area contributed by atoms with Crippen LogP contribution in [0.25, 0.3) is 0 Å². The molecule has 1 atom stereocenters. The highest BCUT2D eigenvalue weighted by Crippen LogP contribution is 2.12. The number of likely N-dealkylation sites (N-methyl/N-ethyl adjacent to an activating group) is 1. The van der Waals surface area contributed by atoms with Gasteiger partial charge in [-0.1, -0.05) is 12.1 Å². The van der Waals surface area contributed by atoms with Crippen molar-refractivity contribution in [2.45, 2.75) is 20.0 Å². The van der Waals surface area contributed by atoms with Crippen molar-refractivity contribution in [3.05, 3.63) is 29.8 Å². The lowest BCUT2D eigenvalue weighted by molar-refractivity contribution is -0.154. The van der Waals surface area contributed by atoms with E-state index < -0.39 is 36.5 Å². The van der Waals surface area contributed by atoms with Gasteiger partial charge >= 0.3 is 12.0 Å². The normalized spacial score (nSPS) is 15.0. The summed E-state index contributed by atoms with van der Waals surface area (Å²) in [6.45, 7) is 2.11. The molecule has 1 heterocycles. The van der Waals surface area contributed by atoms with E-state index in [1.54, 1.807) is 18.2 Å². The van der Waals surface area contributed by atoms with Crippen LogP contribution >= 0.6 is 0 Å². The number of nitrogens with zero attached hydrogens (tertiary/aromatic N) is 2. The Labute approximate surface area is 149 Å². The molecule has 4 amide bonds. The van der Waals surface area contributed by atoms with E-state index in [4.69, 9.17) is 4.74 Å². The molecule has 0 bridgehead atoms. The van der Waals surface area contributed by atoms with Crippen molar-refractivity contribution in [1.29, 1.82) is 0 Å². The van der Waals surface area contributed by atoms with E-state index in [0.29, 0.717) is 11.3 Å². The highest BCUT2D eigenvalue weighted by Gasteiger charge is 2.35. The first-order chi connectivity index (χ1) is 12.2. The van der Waals surface area contributed by atoms with Gasteiger partial charge in [0, 0.05) is 18.3 Å². The van der Waals surface area contributed by atoms with Crippen molar-refractivity contribution in [3.63, 3.8) is 0 Å². The summed E-state index contributed by atoms with van der Waals surface area (Å²) in [5.74, 6) is -2.13. The number of amides is 4. The third kappa shape index (κ3) is 4.44. The smallest absolute Gasteiger partial charge is 0.327 e. The van der Waals surface area contributed by atoms with E-state index in [1.807, 2.05) is 0 Å². The number of carbonyl (C=O) groups is 5. The number of anilines is 1. The van der Waals surface area contributed by atoms with Crippen molar-refractivity contribution < 1.29 is 28.7 Å². The zero-order chi connectivity index (χ0) is 19.4. The van der Waals surface area contributed by atoms with Crippen LogP contribution in [0.1, 0.15) is 24.2 Å². The summed E-state index contributed by atoms with van der Waals surface area (Å²) in [7, 11) is 1.44. The van der Waals surface area contributed by atoms with E-state index in [0.717, 1.165) is 4.90 Å². The number of benzene rings is 1. The summed E-state index contributed by atoms with van der Waals surface area (Å²) >= 11 is 0. The van der Waals surface area contributed by atoms with E-state index in [-0.39, 0.29) is 12.3 Å². The quantitative estimate of drug-likeness (QED) is 0.452. The molecule has 0 unspecified atom stereocenters. The number of hydrogen-bond donors (Lipinski definition) is 1. The number of ketones is 1. The minimum Gasteiger partial charge on any atom is -0.451 e. The molecular weight excluding hydrogens is 342 g/mol. The van der Waals surface area contributed by atoms with Crippen LogP contribution in [-0.2, 0) is 19.1 Å². The molecule has 0 aromatic heterocycles. The fourth-order valence-electron chi connectivity index (χ4n) is 2.30. The first-order valence-electron chi connectivity index (χ1n) is 7.86. The van der Waals surface area contributed by atoms with Crippen LogP contribution in [0.4, 0.5) is 10.5 Å². The predicted molar refractivity (Wildman–Crippen MR) is 90.4 cm³/mol. The van der Waals surface area contributed by atoms with Gasteiger partial charge in [0.2, 0.25) is 0 Å². The van der Waals surface area contributed by atoms with Gasteiger partial charge in [-0.3, -0.25) is 24.1 Å². The first-order valence-corrected chi connectivity index (χ1v) is 7.86. The molecule has 26 heavy (non-hydrogen) atoms. The lowest BCUT2D eigenvalue weighted by Crippen LogP contribution is -2.39. The molecule has 0 spiro atoms. The molecule has 138 valence electrons. The second-order valence-electron chi connectivity index (χ2n) is 5.88. The van der Waals surface area contributed by atoms with E-state index in [2.05, 4.69) is 5.32 Å². The Bertz CT molecular complexity index is 776. The predicted octanol–water partition coefficient (Wildman–Crippen LogP) is 0.653. The van der Waals surface area contributed by atoms with Gasteiger partial charge in [-0.05, 0) is 26.0 Å². The SMILES string of the molecule is CC(=O)c1cccc(NC(=O)[C@@H](C)OC(=O)CN2C(=O)CN(C)C2=O)c1. The minimum atomic E-state index is -1.14. The molecule has 9 nitrogen and oxygen atoms in total. The Kier molecular flexibility index (Phi) is 5.71. The standard InChI is InChI=1S/C17H19N3O6/c1-10(21)12-5-4-6-13(7-12)18-16(24)11(2)26-15(23)9-20-14(22)8-19(3)17(20)25/h4-7,11H,8-9H2,1-3H3,(H,18,24)/t11-/m1/s1. The molecule has 1 saturated heterocycles. The molecule has 1 fully saturated rings. The number of esters is 1. The second-order valence-corrected chi connectivity index (χ2v) is 5.88. The van der Waals surface area contributed by atoms with E-state index >= 15 is 0 Å². The lowest BCUT2D eigenvalue weighted by atomic mass is 10.1. The van der Waals surface area contributed by atoms with Crippen LogP contribution in [0.15, 0.2) is 24.3 Å². The van der Waals surface area contributed by atoms with Crippen molar-refractivity contribution in [3.8, 4) is 0 Å². The number of nitrogens with one attached hydrogen (secondary N) is 1. The van der Waals surface area contributed by atoms with Gasteiger partial charge in [0.05, 0.1) is 0 Å². The number of ether oxygens (including phenoxy) is 1. The van der Waals surface area contributed by atoms with Gasteiger partial charge in [-0.25, -0.2) is 4.79 Å². The second kappa shape index (κ2) is 7.77. The Morgan fingerprint density at radius 3 is 2.54 bits per heavy atom. The van der Waals surface area contributed by atoms with Crippen LogP contribution in [0.3, 0.4) is 0 Å². The number of carbonyl (C=O) groups excluding carboxylic acids is 5. The average molecular weight is 361 g/mol. The average Bonchev–Trinajstić information content (AvgIpc) is 2.81. The molecule has 1 aliphatic heterocycles. The van der Waals surface area contributed by atoms with Crippen molar-refractivity contribution in [1.82, 2.24) is 9.80 Å². The highest BCUT2D eigenvalue weighted by molar-refractivity contribution is 6.04. The summed E-state index contributed by atoms with van der Waals surface area (Å²) in [6.07, 6.45) is -1.14. The maximum atomic E-state index is 12.1. The van der Waals surface area contributed by atoms with Crippen molar-refractivity contribution >= 4 is 35.3 Å². The molecule has 0 radical (unpaired) electrons. The fourth-order valence-corrected chi connectivity index (χ4v) is 2.30.